The average molecular weight is 698 g/mol. The molecule has 1 unspecified atom stereocenters. The highest BCUT2D eigenvalue weighted by atomic mass is 16.2. The fourth-order valence-corrected chi connectivity index (χ4v) is 8.23. The molecule has 51 heavy (non-hydrogen) atoms. The molecule has 4 atom stereocenters. The minimum Gasteiger partial charge on any atom is -0.343 e. The van der Waals surface area contributed by atoms with Gasteiger partial charge in [-0.3, -0.25) is 24.1 Å². The van der Waals surface area contributed by atoms with Crippen LogP contribution in [-0.2, 0) is 19.2 Å². The Morgan fingerprint density at radius 2 is 1.41 bits per heavy atom. The van der Waals surface area contributed by atoms with Gasteiger partial charge in [0.1, 0.15) is 12.1 Å². The molecule has 2 saturated heterocycles. The molecule has 9 heteroatoms. The smallest absolute Gasteiger partial charge is 0.249 e. The number of hydrogen-bond donors (Lipinski definition) is 2. The first-order valence-electron chi connectivity index (χ1n) is 18.9. The molecule has 2 aliphatic heterocycles. The summed E-state index contributed by atoms with van der Waals surface area (Å²) >= 11 is 0. The zero-order chi connectivity index (χ0) is 37.2. The number of likely N-dealkylation sites (N-methyl/N-ethyl adjacent to an activating group) is 1. The van der Waals surface area contributed by atoms with Crippen molar-refractivity contribution in [3.05, 3.63) is 71.3 Å². The van der Waals surface area contributed by atoms with E-state index in [1.165, 1.54) is 0 Å². The van der Waals surface area contributed by atoms with Crippen molar-refractivity contribution in [1.82, 2.24) is 25.3 Å². The largest absolute Gasteiger partial charge is 0.343 e. The SMILES string of the molecule is C/C(=C\[C@H](C(C)C)N(C)C(=O)[C@@H](NC(=O)[C@H]1CCCCN1C(C)C)C(C)(C)C)C(=O)N1CCCC1C(=O)NC1c2ccccc2-c2ccccc21. The lowest BCUT2D eigenvalue weighted by atomic mass is 9.84. The van der Waals surface area contributed by atoms with Gasteiger partial charge in [-0.1, -0.05) is 95.6 Å². The highest BCUT2D eigenvalue weighted by Crippen LogP contribution is 2.43. The monoisotopic (exact) mass is 697 g/mol. The number of rotatable bonds is 10. The van der Waals surface area contributed by atoms with E-state index in [-0.39, 0.29) is 47.7 Å². The highest BCUT2D eigenvalue weighted by Gasteiger charge is 2.41. The van der Waals surface area contributed by atoms with Crippen molar-refractivity contribution < 1.29 is 19.2 Å². The molecule has 1 aliphatic carbocycles. The van der Waals surface area contributed by atoms with E-state index in [0.29, 0.717) is 18.5 Å². The Hall–Kier alpha value is -3.98. The molecule has 0 saturated carbocycles. The molecule has 4 amide bonds. The predicted octanol–water partition coefficient (Wildman–Crippen LogP) is 6.09. The average Bonchev–Trinajstić information content (AvgIpc) is 3.71. The Balaban J connectivity index is 1.31. The van der Waals surface area contributed by atoms with Crippen molar-refractivity contribution in [3.8, 4) is 11.1 Å². The summed E-state index contributed by atoms with van der Waals surface area (Å²) in [5.74, 6) is -0.647. The van der Waals surface area contributed by atoms with Gasteiger partial charge in [-0.05, 0) is 86.6 Å². The fraction of sp³-hybridized carbons (Fsp3) is 0.571. The van der Waals surface area contributed by atoms with Gasteiger partial charge in [0.25, 0.3) is 0 Å². The summed E-state index contributed by atoms with van der Waals surface area (Å²) in [5, 5.41) is 6.44. The standard InChI is InChI=1S/C42H59N5O4/c1-26(2)35(45(9)41(51)37(42(6,7)8)44-39(49)33-21-14-15-23-46(33)27(3)4)25-28(5)40(50)47-24-16-22-34(47)38(48)43-36-31-19-12-10-17-29(31)30-18-11-13-20-32(30)36/h10-13,17-20,25-27,33-37H,14-16,21-24H2,1-9H3,(H,43,48)(H,44,49)/b28-25+/t33-,34?,35-,37-/m1/s1. The second-order valence-electron chi connectivity index (χ2n) is 16.5. The maximum absolute atomic E-state index is 14.3. The van der Waals surface area contributed by atoms with Gasteiger partial charge in [0.05, 0.1) is 18.1 Å². The minimum absolute atomic E-state index is 0.00651. The first-order valence-corrected chi connectivity index (χ1v) is 18.9. The van der Waals surface area contributed by atoms with Gasteiger partial charge in [0, 0.05) is 25.2 Å². The van der Waals surface area contributed by atoms with Crippen molar-refractivity contribution in [2.75, 3.05) is 20.1 Å². The van der Waals surface area contributed by atoms with Gasteiger partial charge in [-0.25, -0.2) is 0 Å². The topological polar surface area (TPSA) is 102 Å². The third-order valence-electron chi connectivity index (χ3n) is 11.1. The van der Waals surface area contributed by atoms with Crippen LogP contribution in [0.3, 0.4) is 0 Å². The Morgan fingerprint density at radius 1 is 0.824 bits per heavy atom. The van der Waals surface area contributed by atoms with Gasteiger partial charge < -0.3 is 20.4 Å². The summed E-state index contributed by atoms with van der Waals surface area (Å²) < 4.78 is 0. The Bertz CT molecular complexity index is 1600. The summed E-state index contributed by atoms with van der Waals surface area (Å²) in [6, 6.07) is 14.3. The fourth-order valence-electron chi connectivity index (χ4n) is 8.23. The molecule has 2 aromatic rings. The number of fused-ring (bicyclic) bond motifs is 3. The van der Waals surface area contributed by atoms with Crippen LogP contribution in [-0.4, -0.2) is 88.7 Å². The van der Waals surface area contributed by atoms with E-state index >= 15 is 0 Å². The van der Waals surface area contributed by atoms with Gasteiger partial charge in [-0.2, -0.15) is 0 Å². The zero-order valence-corrected chi connectivity index (χ0v) is 32.2. The highest BCUT2D eigenvalue weighted by molar-refractivity contribution is 5.98. The molecule has 0 aromatic heterocycles. The molecule has 0 bridgehead atoms. The molecule has 2 aromatic carbocycles. The lowest BCUT2D eigenvalue weighted by Crippen LogP contribution is -2.60. The number of benzene rings is 2. The van der Waals surface area contributed by atoms with E-state index < -0.39 is 23.5 Å². The molecule has 5 rings (SSSR count). The van der Waals surface area contributed by atoms with Crippen molar-refractivity contribution >= 4 is 23.6 Å². The number of likely N-dealkylation sites (tertiary alicyclic amines) is 2. The van der Waals surface area contributed by atoms with Crippen LogP contribution in [0.4, 0.5) is 0 Å². The van der Waals surface area contributed by atoms with Gasteiger partial charge >= 0.3 is 0 Å². The number of piperidine rings is 1. The van der Waals surface area contributed by atoms with E-state index in [2.05, 4.69) is 53.6 Å². The second-order valence-corrected chi connectivity index (χ2v) is 16.5. The lowest BCUT2D eigenvalue weighted by Gasteiger charge is -2.41. The van der Waals surface area contributed by atoms with Gasteiger partial charge in [-0.15, -0.1) is 0 Å². The molecule has 3 aliphatic rings. The van der Waals surface area contributed by atoms with Gasteiger partial charge in [0.2, 0.25) is 23.6 Å². The number of nitrogens with one attached hydrogen (secondary N) is 2. The molecule has 9 nitrogen and oxygen atoms in total. The maximum Gasteiger partial charge on any atom is 0.249 e. The van der Waals surface area contributed by atoms with Crippen LogP contribution in [0, 0.1) is 11.3 Å². The Morgan fingerprint density at radius 3 is 1.98 bits per heavy atom. The van der Waals surface area contributed by atoms with Crippen LogP contribution in [0.25, 0.3) is 11.1 Å². The normalized spacial score (nSPS) is 20.9. The molecule has 2 heterocycles. The first kappa shape index (κ1) is 38.3. The molecule has 276 valence electrons. The first-order chi connectivity index (χ1) is 24.1. The zero-order valence-electron chi connectivity index (χ0n) is 32.2. The number of amides is 4. The summed E-state index contributed by atoms with van der Waals surface area (Å²) in [6.45, 7) is 17.3. The molecule has 0 radical (unpaired) electrons. The molecule has 2 fully saturated rings. The Kier molecular flexibility index (Phi) is 11.8. The molecular formula is C42H59N5O4. The van der Waals surface area contributed by atoms with E-state index in [1.807, 2.05) is 65.0 Å². The van der Waals surface area contributed by atoms with E-state index in [1.54, 1.807) is 23.8 Å². The van der Waals surface area contributed by atoms with E-state index in [0.717, 1.165) is 54.5 Å². The maximum atomic E-state index is 14.3. The van der Waals surface area contributed by atoms with E-state index in [4.69, 9.17) is 0 Å². The predicted molar refractivity (Wildman–Crippen MR) is 203 cm³/mol. The van der Waals surface area contributed by atoms with Crippen molar-refractivity contribution in [3.63, 3.8) is 0 Å². The van der Waals surface area contributed by atoms with Crippen molar-refractivity contribution in [2.24, 2.45) is 11.3 Å². The second kappa shape index (κ2) is 15.7. The molecule has 0 spiro atoms. The number of carbonyl (C=O) groups is 4. The van der Waals surface area contributed by atoms with Crippen LogP contribution >= 0.6 is 0 Å². The summed E-state index contributed by atoms with van der Waals surface area (Å²) in [6.07, 6.45) is 6.04. The summed E-state index contributed by atoms with van der Waals surface area (Å²) in [5.41, 5.74) is 4.32. The quantitative estimate of drug-likeness (QED) is 0.293. The van der Waals surface area contributed by atoms with Crippen LogP contribution < -0.4 is 10.6 Å². The van der Waals surface area contributed by atoms with Gasteiger partial charge in [0.15, 0.2) is 0 Å². The van der Waals surface area contributed by atoms with Crippen LogP contribution in [0.5, 0.6) is 0 Å². The molecular weight excluding hydrogens is 638 g/mol. The van der Waals surface area contributed by atoms with E-state index in [9.17, 15) is 19.2 Å². The number of nitrogens with zero attached hydrogens (tertiary/aromatic N) is 3. The van der Waals surface area contributed by atoms with Crippen LogP contribution in [0.1, 0.15) is 105 Å². The summed E-state index contributed by atoms with van der Waals surface area (Å²) in [4.78, 5) is 61.6. The Labute approximate surface area is 305 Å². The number of carbonyl (C=O) groups excluding carboxylic acids is 4. The molecule has 2 N–H and O–H groups in total. The summed E-state index contributed by atoms with van der Waals surface area (Å²) in [7, 11) is 1.76. The van der Waals surface area contributed by atoms with Crippen molar-refractivity contribution in [1.29, 1.82) is 0 Å². The lowest BCUT2D eigenvalue weighted by molar-refractivity contribution is -0.142. The van der Waals surface area contributed by atoms with Crippen LogP contribution in [0.15, 0.2) is 60.2 Å². The minimum atomic E-state index is -0.742. The third kappa shape index (κ3) is 8.09. The van der Waals surface area contributed by atoms with Crippen LogP contribution in [0.2, 0.25) is 0 Å². The van der Waals surface area contributed by atoms with Crippen molar-refractivity contribution in [2.45, 2.75) is 124 Å². The number of hydrogen-bond acceptors (Lipinski definition) is 5. The third-order valence-corrected chi connectivity index (χ3v) is 11.1.